The van der Waals surface area contributed by atoms with Crippen molar-refractivity contribution in [3.05, 3.63) is 47.5 Å². The number of amides is 3. The van der Waals surface area contributed by atoms with Crippen LogP contribution in [0.15, 0.2) is 36.4 Å². The van der Waals surface area contributed by atoms with E-state index in [4.69, 9.17) is 0 Å². The second-order valence-electron chi connectivity index (χ2n) is 7.57. The Hall–Kier alpha value is -2.73. The van der Waals surface area contributed by atoms with Crippen LogP contribution in [0.4, 0.5) is 0 Å². The van der Waals surface area contributed by atoms with E-state index in [0.29, 0.717) is 36.4 Å². The molecule has 28 heavy (non-hydrogen) atoms. The average Bonchev–Trinajstić information content (AvgIpc) is 3.22. The minimum absolute atomic E-state index is 0.0228. The van der Waals surface area contributed by atoms with Gasteiger partial charge in [-0.1, -0.05) is 24.3 Å². The zero-order valence-corrected chi connectivity index (χ0v) is 15.9. The van der Waals surface area contributed by atoms with Gasteiger partial charge in [0.1, 0.15) is 0 Å². The molecule has 2 N–H and O–H groups in total. The third-order valence-electron chi connectivity index (χ3n) is 5.68. The number of hydrogen-bond acceptors (Lipinski definition) is 4. The highest BCUT2D eigenvalue weighted by Crippen LogP contribution is 2.30. The molecule has 146 valence electrons. The monoisotopic (exact) mass is 379 g/mol. The van der Waals surface area contributed by atoms with Gasteiger partial charge in [0.25, 0.3) is 11.8 Å². The van der Waals surface area contributed by atoms with Gasteiger partial charge in [0.05, 0.1) is 0 Å². The molecule has 0 aliphatic carbocycles. The molecule has 1 atom stereocenters. The van der Waals surface area contributed by atoms with Crippen LogP contribution in [-0.4, -0.2) is 48.8 Å². The number of carbonyl (C=O) groups is 3. The van der Waals surface area contributed by atoms with Gasteiger partial charge in [0.15, 0.2) is 0 Å². The Morgan fingerprint density at radius 1 is 1.11 bits per heavy atom. The summed E-state index contributed by atoms with van der Waals surface area (Å²) >= 11 is 0. The second-order valence-corrected chi connectivity index (χ2v) is 7.57. The molecule has 6 heteroatoms. The minimum Gasteiger partial charge on any atom is -0.356 e. The molecule has 0 radical (unpaired) electrons. The predicted molar refractivity (Wildman–Crippen MR) is 107 cm³/mol. The first-order chi connectivity index (χ1) is 13.6. The van der Waals surface area contributed by atoms with Crippen molar-refractivity contribution in [3.8, 4) is 0 Å². The number of nitrogens with zero attached hydrogens (tertiary/aromatic N) is 1. The Balaban J connectivity index is 1.32. The maximum atomic E-state index is 12.8. The summed E-state index contributed by atoms with van der Waals surface area (Å²) in [6.07, 6.45) is 2.93. The van der Waals surface area contributed by atoms with Crippen molar-refractivity contribution in [1.82, 2.24) is 15.5 Å². The number of imide groups is 1. The lowest BCUT2D eigenvalue weighted by atomic mass is 9.94. The number of benzene rings is 2. The molecule has 6 nitrogen and oxygen atoms in total. The molecule has 2 aromatic rings. The van der Waals surface area contributed by atoms with E-state index >= 15 is 0 Å². The SMILES string of the molecule is O=C(CCCN1C(=O)c2cccc3cccc(c23)C1=O)NCCC1CCNC1. The zero-order valence-electron chi connectivity index (χ0n) is 15.9. The van der Waals surface area contributed by atoms with Crippen LogP contribution in [0.5, 0.6) is 0 Å². The van der Waals surface area contributed by atoms with Crippen molar-refractivity contribution in [2.45, 2.75) is 25.7 Å². The molecule has 0 bridgehead atoms. The van der Waals surface area contributed by atoms with Gasteiger partial charge in [0, 0.05) is 36.0 Å². The Morgan fingerprint density at radius 2 is 1.82 bits per heavy atom. The van der Waals surface area contributed by atoms with E-state index in [9.17, 15) is 14.4 Å². The topological polar surface area (TPSA) is 78.5 Å². The second kappa shape index (κ2) is 8.10. The lowest BCUT2D eigenvalue weighted by molar-refractivity contribution is -0.121. The third-order valence-corrected chi connectivity index (χ3v) is 5.68. The number of rotatable bonds is 7. The normalized spacial score (nSPS) is 18.7. The van der Waals surface area contributed by atoms with E-state index in [2.05, 4.69) is 10.6 Å². The first kappa shape index (κ1) is 18.6. The molecule has 0 saturated carbocycles. The highest BCUT2D eigenvalue weighted by molar-refractivity contribution is 6.25. The number of carbonyl (C=O) groups excluding carboxylic acids is 3. The number of hydrogen-bond donors (Lipinski definition) is 2. The summed E-state index contributed by atoms with van der Waals surface area (Å²) in [6.45, 7) is 3.03. The largest absolute Gasteiger partial charge is 0.356 e. The summed E-state index contributed by atoms with van der Waals surface area (Å²) in [6, 6.07) is 11.0. The molecule has 1 unspecified atom stereocenters. The Kier molecular flexibility index (Phi) is 5.39. The molecule has 1 fully saturated rings. The lowest BCUT2D eigenvalue weighted by Gasteiger charge is -2.27. The van der Waals surface area contributed by atoms with Crippen LogP contribution in [0.25, 0.3) is 10.8 Å². The summed E-state index contributed by atoms with van der Waals surface area (Å²) in [4.78, 5) is 38.9. The lowest BCUT2D eigenvalue weighted by Crippen LogP contribution is -2.41. The summed E-state index contributed by atoms with van der Waals surface area (Å²) in [5.74, 6) is 0.0731. The first-order valence-electron chi connectivity index (χ1n) is 10.0. The van der Waals surface area contributed by atoms with E-state index in [0.717, 1.165) is 30.3 Å². The van der Waals surface area contributed by atoms with E-state index in [1.54, 1.807) is 12.1 Å². The zero-order chi connectivity index (χ0) is 19.5. The van der Waals surface area contributed by atoms with Gasteiger partial charge in [0.2, 0.25) is 5.91 Å². The summed E-state index contributed by atoms with van der Waals surface area (Å²) in [7, 11) is 0. The van der Waals surface area contributed by atoms with Crippen LogP contribution in [0.3, 0.4) is 0 Å². The van der Waals surface area contributed by atoms with Gasteiger partial charge in [-0.05, 0) is 55.8 Å². The van der Waals surface area contributed by atoms with Crippen LogP contribution in [0.1, 0.15) is 46.4 Å². The van der Waals surface area contributed by atoms with Crippen molar-refractivity contribution < 1.29 is 14.4 Å². The van der Waals surface area contributed by atoms with Crippen LogP contribution >= 0.6 is 0 Å². The fourth-order valence-electron chi connectivity index (χ4n) is 4.15. The highest BCUT2D eigenvalue weighted by atomic mass is 16.2. The smallest absolute Gasteiger partial charge is 0.261 e. The molecule has 3 amide bonds. The molecule has 2 heterocycles. The molecule has 0 aromatic heterocycles. The molecular formula is C22H25N3O3. The molecule has 1 saturated heterocycles. The Bertz CT molecular complexity index is 868. The summed E-state index contributed by atoms with van der Waals surface area (Å²) in [5.41, 5.74) is 1.12. The molecule has 2 aliphatic rings. The standard InChI is InChI=1S/C22H25N3O3/c26-19(24-12-10-15-9-11-23-14-15)8-3-13-25-21(27)17-6-1-4-16-5-2-7-18(20(16)17)22(25)28/h1-2,4-7,15,23H,3,8-14H2,(H,24,26). The molecule has 0 spiro atoms. The van der Waals surface area contributed by atoms with Crippen LogP contribution in [0, 0.1) is 5.92 Å². The summed E-state index contributed by atoms with van der Waals surface area (Å²) in [5, 5.41) is 7.90. The summed E-state index contributed by atoms with van der Waals surface area (Å²) < 4.78 is 0. The van der Waals surface area contributed by atoms with Gasteiger partial charge in [-0.15, -0.1) is 0 Å². The van der Waals surface area contributed by atoms with Gasteiger partial charge in [-0.25, -0.2) is 0 Å². The van der Waals surface area contributed by atoms with E-state index in [1.807, 2.05) is 24.3 Å². The van der Waals surface area contributed by atoms with E-state index < -0.39 is 0 Å². The van der Waals surface area contributed by atoms with Crippen molar-refractivity contribution in [2.75, 3.05) is 26.2 Å². The van der Waals surface area contributed by atoms with E-state index in [-0.39, 0.29) is 24.3 Å². The fraction of sp³-hybridized carbons (Fsp3) is 0.409. The van der Waals surface area contributed by atoms with Crippen molar-refractivity contribution in [3.63, 3.8) is 0 Å². The maximum Gasteiger partial charge on any atom is 0.261 e. The molecular weight excluding hydrogens is 354 g/mol. The highest BCUT2D eigenvalue weighted by Gasteiger charge is 2.32. The molecule has 4 rings (SSSR count). The average molecular weight is 379 g/mol. The van der Waals surface area contributed by atoms with Crippen LogP contribution in [-0.2, 0) is 4.79 Å². The van der Waals surface area contributed by atoms with Gasteiger partial charge < -0.3 is 10.6 Å². The molecule has 2 aliphatic heterocycles. The van der Waals surface area contributed by atoms with Crippen LogP contribution < -0.4 is 10.6 Å². The van der Waals surface area contributed by atoms with Crippen LogP contribution in [0.2, 0.25) is 0 Å². The Labute approximate surface area is 164 Å². The quantitative estimate of drug-likeness (QED) is 0.724. The van der Waals surface area contributed by atoms with Gasteiger partial charge in [-0.3, -0.25) is 19.3 Å². The third kappa shape index (κ3) is 3.64. The predicted octanol–water partition coefficient (Wildman–Crippen LogP) is 2.33. The van der Waals surface area contributed by atoms with Crippen molar-refractivity contribution in [2.24, 2.45) is 5.92 Å². The maximum absolute atomic E-state index is 12.8. The number of nitrogens with one attached hydrogen (secondary N) is 2. The van der Waals surface area contributed by atoms with Gasteiger partial charge >= 0.3 is 0 Å². The van der Waals surface area contributed by atoms with Crippen molar-refractivity contribution in [1.29, 1.82) is 0 Å². The Morgan fingerprint density at radius 3 is 2.46 bits per heavy atom. The van der Waals surface area contributed by atoms with Crippen molar-refractivity contribution >= 4 is 28.5 Å². The fourth-order valence-corrected chi connectivity index (χ4v) is 4.15. The molecule has 2 aromatic carbocycles. The van der Waals surface area contributed by atoms with E-state index in [1.165, 1.54) is 11.3 Å². The minimum atomic E-state index is -0.275. The van der Waals surface area contributed by atoms with Gasteiger partial charge in [-0.2, -0.15) is 0 Å². The first-order valence-corrected chi connectivity index (χ1v) is 10.0.